The van der Waals surface area contributed by atoms with E-state index >= 15 is 0 Å². The standard InChI is InChI=1S/C19H22N2O6.C12H17NO4.C7H7NO2/c1-12(22)13-6-7-15(21(25)10-13)16-8-14(17(23)26-5)9-20(16)11-27-18(24)19(2,3)4;1-12(2,3)11(15)17-8-13-6-5-9(7-13)10(14)16-4;1-6(9)7-3-2-4-8(10)5-7/h6-10H,11H2,1-5H3;5-7H,8H2,1-4H3;2-5H,1H3. The van der Waals surface area contributed by atoms with Crippen LogP contribution in [0, 0.1) is 21.2 Å². The number of hydrogen-bond acceptors (Lipinski definition) is 12. The van der Waals surface area contributed by atoms with Crippen LogP contribution >= 0.6 is 0 Å². The van der Waals surface area contributed by atoms with Crippen LogP contribution in [-0.4, -0.2) is 58.8 Å². The second-order valence-corrected chi connectivity index (χ2v) is 13.8. The Hall–Kier alpha value is -6.32. The highest BCUT2D eigenvalue weighted by Crippen LogP contribution is 2.23. The van der Waals surface area contributed by atoms with Crippen LogP contribution in [0.15, 0.2) is 73.6 Å². The van der Waals surface area contributed by atoms with Gasteiger partial charge >= 0.3 is 23.9 Å². The lowest BCUT2D eigenvalue weighted by Gasteiger charge is -2.17. The summed E-state index contributed by atoms with van der Waals surface area (Å²) in [5.41, 5.74) is 0.661. The van der Waals surface area contributed by atoms with Crippen LogP contribution in [0.2, 0.25) is 0 Å². The Labute approximate surface area is 313 Å². The molecule has 0 atom stereocenters. The highest BCUT2D eigenvalue weighted by Gasteiger charge is 2.26. The minimum atomic E-state index is -0.694. The Bertz CT molecular complexity index is 1980. The van der Waals surface area contributed by atoms with E-state index in [1.54, 1.807) is 76.7 Å². The van der Waals surface area contributed by atoms with Crippen molar-refractivity contribution < 1.29 is 57.2 Å². The van der Waals surface area contributed by atoms with Crippen LogP contribution in [0.3, 0.4) is 0 Å². The molecule has 4 aromatic heterocycles. The summed E-state index contributed by atoms with van der Waals surface area (Å²) in [7, 11) is 2.56. The fourth-order valence-electron chi connectivity index (χ4n) is 4.07. The van der Waals surface area contributed by atoms with Crippen LogP contribution in [0.25, 0.3) is 11.4 Å². The molecule has 4 aromatic rings. The van der Waals surface area contributed by atoms with E-state index in [0.29, 0.717) is 26.3 Å². The minimum Gasteiger partial charge on any atom is -0.619 e. The third kappa shape index (κ3) is 13.0. The van der Waals surface area contributed by atoms with Gasteiger partial charge in [-0.1, -0.05) is 0 Å². The first kappa shape index (κ1) is 43.8. The Kier molecular flexibility index (Phi) is 15.4. The van der Waals surface area contributed by atoms with Gasteiger partial charge in [0.15, 0.2) is 43.6 Å². The number of ether oxygens (including phenoxy) is 4. The third-order valence-electron chi connectivity index (χ3n) is 7.16. The average molecular weight is 751 g/mol. The molecule has 4 heterocycles. The van der Waals surface area contributed by atoms with Crippen molar-refractivity contribution in [3.05, 3.63) is 106 Å². The molecule has 0 aliphatic heterocycles. The summed E-state index contributed by atoms with van der Waals surface area (Å²) in [5.74, 6) is -2.04. The Balaban J connectivity index is 0.000000316. The topological polar surface area (TPSA) is 203 Å². The van der Waals surface area contributed by atoms with E-state index in [9.17, 15) is 39.2 Å². The van der Waals surface area contributed by atoms with E-state index in [0.717, 1.165) is 6.20 Å². The molecule has 0 aromatic carbocycles. The number of pyridine rings is 2. The lowest BCUT2D eigenvalue weighted by molar-refractivity contribution is -0.605. The lowest BCUT2D eigenvalue weighted by Crippen LogP contribution is -2.31. The maximum Gasteiger partial charge on any atom is 0.339 e. The van der Waals surface area contributed by atoms with Crippen molar-refractivity contribution in [3.8, 4) is 11.4 Å². The number of ketones is 2. The van der Waals surface area contributed by atoms with Crippen molar-refractivity contribution in [3.63, 3.8) is 0 Å². The normalized spacial score (nSPS) is 10.8. The minimum absolute atomic E-state index is 0.0904. The summed E-state index contributed by atoms with van der Waals surface area (Å²) in [6.07, 6.45) is 8.42. The summed E-state index contributed by atoms with van der Waals surface area (Å²) in [5, 5.41) is 22.9. The van der Waals surface area contributed by atoms with Crippen molar-refractivity contribution in [1.82, 2.24) is 9.13 Å². The number of nitrogens with zero attached hydrogens (tertiary/aromatic N) is 4. The number of aromatic nitrogens is 4. The zero-order chi connectivity index (χ0) is 41.0. The molecular weight excluding hydrogens is 704 g/mol. The van der Waals surface area contributed by atoms with E-state index in [1.807, 2.05) is 0 Å². The number of carbonyl (C=O) groups excluding carboxylic acids is 6. The molecule has 0 saturated carbocycles. The molecule has 0 aliphatic carbocycles. The van der Waals surface area contributed by atoms with Gasteiger partial charge in [-0.3, -0.25) is 19.2 Å². The van der Waals surface area contributed by atoms with E-state index in [1.165, 1.54) is 69.4 Å². The number of rotatable bonds is 9. The number of hydrogen-bond donors (Lipinski definition) is 0. The first-order valence-corrected chi connectivity index (χ1v) is 16.4. The second kappa shape index (κ2) is 19.0. The molecule has 0 N–H and O–H groups in total. The predicted molar refractivity (Wildman–Crippen MR) is 192 cm³/mol. The van der Waals surface area contributed by atoms with Crippen molar-refractivity contribution >= 4 is 35.4 Å². The van der Waals surface area contributed by atoms with Gasteiger partial charge < -0.3 is 38.5 Å². The smallest absolute Gasteiger partial charge is 0.339 e. The van der Waals surface area contributed by atoms with Crippen molar-refractivity contribution in [2.75, 3.05) is 14.2 Å². The van der Waals surface area contributed by atoms with E-state index in [2.05, 4.69) is 4.74 Å². The van der Waals surface area contributed by atoms with Crippen LogP contribution < -0.4 is 9.46 Å². The number of Topliss-reactive ketones (excluding diaryl/α,β-unsaturated/α-hetero) is 2. The molecule has 290 valence electrons. The van der Waals surface area contributed by atoms with Gasteiger partial charge in [-0.25, -0.2) is 9.59 Å². The monoisotopic (exact) mass is 750 g/mol. The molecule has 16 heteroatoms. The molecule has 0 fully saturated rings. The maximum absolute atomic E-state index is 12.4. The molecule has 0 bridgehead atoms. The third-order valence-corrected chi connectivity index (χ3v) is 7.16. The van der Waals surface area contributed by atoms with Crippen LogP contribution in [-0.2, 0) is 42.0 Å². The summed E-state index contributed by atoms with van der Waals surface area (Å²) < 4.78 is 23.9. The molecule has 0 amide bonds. The Morgan fingerprint density at radius 2 is 1.22 bits per heavy atom. The summed E-state index contributed by atoms with van der Waals surface area (Å²) in [6, 6.07) is 9.22. The first-order chi connectivity index (χ1) is 25.1. The molecule has 0 saturated heterocycles. The molecule has 16 nitrogen and oxygen atoms in total. The summed E-state index contributed by atoms with van der Waals surface area (Å²) in [4.78, 5) is 68.7. The number of methoxy groups -OCH3 is 2. The van der Waals surface area contributed by atoms with E-state index in [4.69, 9.17) is 14.2 Å². The first-order valence-electron chi connectivity index (χ1n) is 16.4. The van der Waals surface area contributed by atoms with Gasteiger partial charge in [0.2, 0.25) is 5.69 Å². The lowest BCUT2D eigenvalue weighted by atomic mass is 9.97. The Morgan fingerprint density at radius 3 is 1.70 bits per heavy atom. The van der Waals surface area contributed by atoms with Crippen molar-refractivity contribution in [2.45, 2.75) is 68.9 Å². The van der Waals surface area contributed by atoms with Gasteiger partial charge in [-0.15, -0.1) is 0 Å². The quantitative estimate of drug-likeness (QED) is 0.0753. The molecule has 4 rings (SSSR count). The average Bonchev–Trinajstić information content (AvgIpc) is 3.76. The number of carbonyl (C=O) groups is 6. The van der Waals surface area contributed by atoms with Crippen molar-refractivity contribution in [2.24, 2.45) is 10.8 Å². The van der Waals surface area contributed by atoms with Gasteiger partial charge in [0, 0.05) is 30.7 Å². The predicted octanol–water partition coefficient (Wildman–Crippen LogP) is 4.67. The molecule has 0 aliphatic rings. The van der Waals surface area contributed by atoms with E-state index < -0.39 is 28.7 Å². The fraction of sp³-hybridized carbons (Fsp3) is 0.368. The summed E-state index contributed by atoms with van der Waals surface area (Å²) >= 11 is 0. The van der Waals surface area contributed by atoms with Gasteiger partial charge in [-0.05, 0) is 79.7 Å². The zero-order valence-electron chi connectivity index (χ0n) is 32.0. The molecule has 0 radical (unpaired) electrons. The fourth-order valence-corrected chi connectivity index (χ4v) is 4.07. The van der Waals surface area contributed by atoms with Crippen LogP contribution in [0.1, 0.15) is 96.8 Å². The zero-order valence-corrected chi connectivity index (χ0v) is 32.0. The van der Waals surface area contributed by atoms with Crippen molar-refractivity contribution in [1.29, 1.82) is 0 Å². The molecule has 0 spiro atoms. The van der Waals surface area contributed by atoms with Gasteiger partial charge in [0.1, 0.15) is 5.69 Å². The summed E-state index contributed by atoms with van der Waals surface area (Å²) in [6.45, 7) is 13.2. The van der Waals surface area contributed by atoms with Crippen LogP contribution in [0.5, 0.6) is 0 Å². The highest BCUT2D eigenvalue weighted by molar-refractivity contribution is 5.94. The highest BCUT2D eigenvalue weighted by atomic mass is 16.6. The van der Waals surface area contributed by atoms with E-state index in [-0.39, 0.29) is 47.8 Å². The Morgan fingerprint density at radius 1 is 0.685 bits per heavy atom. The SMILES string of the molecule is CC(=O)c1ccc[n+]([O-])c1.COC(=O)c1cc(-c2ccc(C(C)=O)c[n+]2[O-])n(COC(=O)C(C)(C)C)c1.COC(=O)c1ccn(COC(=O)C(C)(C)C)c1. The van der Waals surface area contributed by atoms with Crippen LogP contribution in [0.4, 0.5) is 0 Å². The maximum atomic E-state index is 12.4. The molecule has 0 unspecified atom stereocenters. The molecular formula is C38H46N4O12. The van der Waals surface area contributed by atoms with Gasteiger partial charge in [0.25, 0.3) is 0 Å². The van der Waals surface area contributed by atoms with Gasteiger partial charge in [0.05, 0.1) is 47.3 Å². The largest absolute Gasteiger partial charge is 0.619 e. The number of esters is 4. The molecule has 54 heavy (non-hydrogen) atoms. The van der Waals surface area contributed by atoms with Gasteiger partial charge in [-0.2, -0.15) is 9.46 Å². The second-order valence-electron chi connectivity index (χ2n) is 13.8.